The highest BCUT2D eigenvalue weighted by Crippen LogP contribution is 2.42. The third-order valence-electron chi connectivity index (χ3n) is 9.22. The van der Waals surface area contributed by atoms with Gasteiger partial charge >= 0.3 is 0 Å². The maximum Gasteiger partial charge on any atom is 0.164 e. The van der Waals surface area contributed by atoms with Crippen LogP contribution >= 0.6 is 11.3 Å². The summed E-state index contributed by atoms with van der Waals surface area (Å²) in [4.78, 5) is 14.7. The zero-order valence-corrected chi connectivity index (χ0v) is 26.5. The number of fused-ring (bicyclic) bond motifs is 7. The van der Waals surface area contributed by atoms with E-state index in [4.69, 9.17) is 15.0 Å². The number of aromatic nitrogens is 4. The van der Waals surface area contributed by atoms with E-state index in [1.54, 1.807) is 0 Å². The Morgan fingerprint density at radius 2 is 0.896 bits per heavy atom. The Labute approximate surface area is 280 Å². The minimum atomic E-state index is 0.649. The lowest BCUT2D eigenvalue weighted by molar-refractivity contribution is 1.07. The van der Waals surface area contributed by atoms with Gasteiger partial charge in [-0.15, -0.1) is 11.3 Å². The van der Waals surface area contributed by atoms with Gasteiger partial charge in [-0.1, -0.05) is 103 Å². The van der Waals surface area contributed by atoms with Crippen LogP contribution in [0, 0.1) is 0 Å². The van der Waals surface area contributed by atoms with Crippen LogP contribution in [0.3, 0.4) is 0 Å². The number of para-hydroxylation sites is 1. The fourth-order valence-electron chi connectivity index (χ4n) is 6.90. The van der Waals surface area contributed by atoms with Gasteiger partial charge in [0, 0.05) is 53.3 Å². The smallest absolute Gasteiger partial charge is 0.164 e. The Morgan fingerprint density at radius 1 is 0.375 bits per heavy atom. The van der Waals surface area contributed by atoms with Gasteiger partial charge in [0.25, 0.3) is 0 Å². The minimum absolute atomic E-state index is 0.649. The average molecular weight is 631 g/mol. The Balaban J connectivity index is 1.13. The van der Waals surface area contributed by atoms with Crippen LogP contribution in [0.15, 0.2) is 158 Å². The molecule has 3 heterocycles. The van der Waals surface area contributed by atoms with Gasteiger partial charge in [-0.25, -0.2) is 15.0 Å². The molecular formula is C43H26N4S. The van der Waals surface area contributed by atoms with E-state index < -0.39 is 0 Å². The average Bonchev–Trinajstić information content (AvgIpc) is 3.67. The molecular weight excluding hydrogens is 605 g/mol. The summed E-state index contributed by atoms with van der Waals surface area (Å²) < 4.78 is 4.99. The van der Waals surface area contributed by atoms with Crippen molar-refractivity contribution in [1.82, 2.24) is 19.5 Å². The monoisotopic (exact) mass is 630 g/mol. The molecule has 0 saturated heterocycles. The molecule has 0 N–H and O–H groups in total. The molecule has 224 valence electrons. The Kier molecular flexibility index (Phi) is 6.01. The van der Waals surface area contributed by atoms with E-state index in [0.29, 0.717) is 17.5 Å². The summed E-state index contributed by atoms with van der Waals surface area (Å²) in [6, 6.07) is 55.6. The molecule has 0 radical (unpaired) electrons. The van der Waals surface area contributed by atoms with Crippen molar-refractivity contribution in [1.29, 1.82) is 0 Å². The van der Waals surface area contributed by atoms with E-state index in [1.807, 2.05) is 72.0 Å². The summed E-state index contributed by atoms with van der Waals surface area (Å²) in [6.45, 7) is 0. The lowest BCUT2D eigenvalue weighted by Gasteiger charge is -2.11. The molecule has 48 heavy (non-hydrogen) atoms. The molecule has 0 aliphatic carbocycles. The third-order valence-corrected chi connectivity index (χ3v) is 10.3. The highest BCUT2D eigenvalue weighted by Gasteiger charge is 2.17. The van der Waals surface area contributed by atoms with Crippen molar-refractivity contribution in [3.8, 4) is 39.9 Å². The third kappa shape index (κ3) is 4.33. The first-order valence-electron chi connectivity index (χ1n) is 16.0. The number of hydrogen-bond donors (Lipinski definition) is 0. The lowest BCUT2D eigenvalue weighted by Crippen LogP contribution is -2.00. The van der Waals surface area contributed by atoms with Crippen molar-refractivity contribution >= 4 is 64.1 Å². The molecule has 0 amide bonds. The van der Waals surface area contributed by atoms with E-state index in [0.717, 1.165) is 22.4 Å². The molecule has 4 nitrogen and oxygen atoms in total. The fraction of sp³-hybridized carbons (Fsp3) is 0. The van der Waals surface area contributed by atoms with E-state index >= 15 is 0 Å². The zero-order chi connectivity index (χ0) is 31.6. The van der Waals surface area contributed by atoms with Gasteiger partial charge < -0.3 is 4.57 Å². The molecule has 3 aromatic heterocycles. The molecule has 7 aromatic carbocycles. The predicted molar refractivity (Wildman–Crippen MR) is 201 cm³/mol. The molecule has 0 aliphatic heterocycles. The molecule has 0 fully saturated rings. The number of nitrogens with zero attached hydrogens (tertiary/aromatic N) is 4. The van der Waals surface area contributed by atoms with Crippen molar-refractivity contribution in [2.45, 2.75) is 0 Å². The number of rotatable bonds is 4. The first-order chi connectivity index (χ1) is 23.8. The van der Waals surface area contributed by atoms with Crippen molar-refractivity contribution in [3.63, 3.8) is 0 Å². The summed E-state index contributed by atoms with van der Waals surface area (Å²) in [5.74, 6) is 1.97. The van der Waals surface area contributed by atoms with Crippen LogP contribution in [-0.4, -0.2) is 19.5 Å². The molecule has 0 aliphatic rings. The highest BCUT2D eigenvalue weighted by molar-refractivity contribution is 7.26. The van der Waals surface area contributed by atoms with Crippen LogP contribution in [0.5, 0.6) is 0 Å². The van der Waals surface area contributed by atoms with Gasteiger partial charge in [0.2, 0.25) is 0 Å². The van der Waals surface area contributed by atoms with Crippen molar-refractivity contribution < 1.29 is 0 Å². The van der Waals surface area contributed by atoms with Crippen LogP contribution in [0.4, 0.5) is 0 Å². The number of thiophene rings is 1. The molecule has 0 unspecified atom stereocenters. The van der Waals surface area contributed by atoms with Crippen LogP contribution in [-0.2, 0) is 0 Å². The Hall–Kier alpha value is -6.17. The highest BCUT2D eigenvalue weighted by atomic mass is 32.1. The predicted octanol–water partition coefficient (Wildman–Crippen LogP) is 11.5. The summed E-state index contributed by atoms with van der Waals surface area (Å²) in [5.41, 5.74) is 6.34. The second-order valence-corrected chi connectivity index (χ2v) is 13.2. The van der Waals surface area contributed by atoms with Gasteiger partial charge in [-0.05, 0) is 65.4 Å². The summed E-state index contributed by atoms with van der Waals surface area (Å²) in [5, 5.41) is 7.69. The van der Waals surface area contributed by atoms with Crippen LogP contribution < -0.4 is 0 Å². The summed E-state index contributed by atoms with van der Waals surface area (Å²) in [7, 11) is 0. The normalized spacial score (nSPS) is 11.8. The van der Waals surface area contributed by atoms with Crippen molar-refractivity contribution in [2.24, 2.45) is 0 Å². The summed E-state index contributed by atoms with van der Waals surface area (Å²) in [6.07, 6.45) is 0. The second-order valence-electron chi connectivity index (χ2n) is 12.1. The summed E-state index contributed by atoms with van der Waals surface area (Å²) >= 11 is 1.87. The standard InChI is InChI=1S/C43H26N4S/c1-3-11-27(12-4-1)41-44-42(28-13-5-2-6-14-28)46-43(45-41)29-19-21-32(22-20-29)47-37-18-10-9-17-33(37)34-25-36-35-23-30-15-7-8-16-31(30)24-39(35)48-40(36)26-38(34)47/h1-26H. The fourth-order valence-corrected chi connectivity index (χ4v) is 8.05. The van der Waals surface area contributed by atoms with Crippen molar-refractivity contribution in [2.75, 3.05) is 0 Å². The van der Waals surface area contributed by atoms with Crippen LogP contribution in [0.25, 0.3) is 92.6 Å². The quantitative estimate of drug-likeness (QED) is 0.194. The van der Waals surface area contributed by atoms with Crippen molar-refractivity contribution in [3.05, 3.63) is 158 Å². The minimum Gasteiger partial charge on any atom is -0.309 e. The largest absolute Gasteiger partial charge is 0.309 e. The Bertz CT molecular complexity index is 2760. The first kappa shape index (κ1) is 27.0. The molecule has 0 bridgehead atoms. The molecule has 10 aromatic rings. The maximum absolute atomic E-state index is 4.94. The van der Waals surface area contributed by atoms with Gasteiger partial charge in [0.1, 0.15) is 0 Å². The van der Waals surface area contributed by atoms with Crippen LogP contribution in [0.2, 0.25) is 0 Å². The topological polar surface area (TPSA) is 43.6 Å². The van der Waals surface area contributed by atoms with Gasteiger partial charge in [0.05, 0.1) is 11.0 Å². The molecule has 0 atom stereocenters. The maximum atomic E-state index is 4.94. The molecule has 5 heteroatoms. The van der Waals surface area contributed by atoms with E-state index in [9.17, 15) is 0 Å². The van der Waals surface area contributed by atoms with E-state index in [1.165, 1.54) is 52.8 Å². The number of hydrogen-bond acceptors (Lipinski definition) is 4. The Morgan fingerprint density at radius 3 is 1.56 bits per heavy atom. The lowest BCUT2D eigenvalue weighted by atomic mass is 10.0. The zero-order valence-electron chi connectivity index (χ0n) is 25.7. The molecule has 0 saturated carbocycles. The number of benzene rings is 7. The van der Waals surface area contributed by atoms with Crippen LogP contribution in [0.1, 0.15) is 0 Å². The first-order valence-corrected chi connectivity index (χ1v) is 16.8. The van der Waals surface area contributed by atoms with Gasteiger partial charge in [-0.3, -0.25) is 0 Å². The molecule has 10 rings (SSSR count). The second kappa shape index (κ2) is 10.7. The van der Waals surface area contributed by atoms with Gasteiger partial charge in [-0.2, -0.15) is 0 Å². The SMILES string of the molecule is c1ccc(-c2nc(-c3ccccc3)nc(-c3ccc(-n4c5ccccc5c5cc6c(cc54)sc4cc5ccccc5cc46)cc3)n2)cc1. The van der Waals surface area contributed by atoms with Gasteiger partial charge in [0.15, 0.2) is 17.5 Å². The van der Waals surface area contributed by atoms with E-state index in [-0.39, 0.29) is 0 Å². The van der Waals surface area contributed by atoms with E-state index in [2.05, 4.69) is 102 Å². The molecule has 0 spiro atoms.